The van der Waals surface area contributed by atoms with E-state index < -0.39 is 10.0 Å². The van der Waals surface area contributed by atoms with Crippen LogP contribution in [0.3, 0.4) is 0 Å². The summed E-state index contributed by atoms with van der Waals surface area (Å²) in [7, 11) is -1.68. The van der Waals surface area contributed by atoms with Crippen LogP contribution in [0.25, 0.3) is 0 Å². The molecular weight excluding hydrogens is 404 g/mol. The Hall–Kier alpha value is -1.90. The molecule has 2 aromatic rings. The largest absolute Gasteiger partial charge is 0.356 e. The van der Waals surface area contributed by atoms with Gasteiger partial charge in [-0.3, -0.25) is 4.99 Å². The van der Waals surface area contributed by atoms with Crippen LogP contribution >= 0.6 is 11.3 Å². The molecule has 29 heavy (non-hydrogen) atoms. The molecule has 0 spiro atoms. The normalized spacial score (nSPS) is 17.1. The topological polar surface area (TPSA) is 73.8 Å². The van der Waals surface area contributed by atoms with Gasteiger partial charge in [-0.25, -0.2) is 8.42 Å². The van der Waals surface area contributed by atoms with E-state index in [0.29, 0.717) is 36.4 Å². The highest BCUT2D eigenvalue weighted by molar-refractivity contribution is 7.89. The number of sulfonamides is 1. The molecule has 1 unspecified atom stereocenters. The summed E-state index contributed by atoms with van der Waals surface area (Å²) in [6.07, 6.45) is 2.98. The standard InChI is InChI=1S/C21H30N4O2S2/c1-17(19-9-12-28-16-19)14-23-21(22-2)24-15-18-7-6-8-20(13-18)29(26,27)25-10-4-3-5-11-25/h6-9,12-13,16-17H,3-5,10-11,14-15H2,1-2H3,(H2,22,23,24). The zero-order valence-electron chi connectivity index (χ0n) is 17.1. The van der Waals surface area contributed by atoms with Gasteiger partial charge in [-0.2, -0.15) is 15.6 Å². The number of nitrogens with zero attached hydrogens (tertiary/aromatic N) is 2. The molecule has 8 heteroatoms. The highest BCUT2D eigenvalue weighted by Crippen LogP contribution is 2.21. The quantitative estimate of drug-likeness (QED) is 0.517. The molecule has 0 aliphatic carbocycles. The number of hydrogen-bond acceptors (Lipinski definition) is 4. The van der Waals surface area contributed by atoms with Gasteiger partial charge in [0.25, 0.3) is 0 Å². The average molecular weight is 435 g/mol. The van der Waals surface area contributed by atoms with Gasteiger partial charge in [-0.05, 0) is 58.8 Å². The van der Waals surface area contributed by atoms with Crippen molar-refractivity contribution in [3.8, 4) is 0 Å². The van der Waals surface area contributed by atoms with Gasteiger partial charge in [-0.15, -0.1) is 0 Å². The minimum Gasteiger partial charge on any atom is -0.356 e. The van der Waals surface area contributed by atoms with Crippen molar-refractivity contribution in [1.82, 2.24) is 14.9 Å². The molecule has 0 amide bonds. The first-order valence-electron chi connectivity index (χ1n) is 10.1. The Morgan fingerprint density at radius 1 is 1.21 bits per heavy atom. The molecule has 2 heterocycles. The number of nitrogens with one attached hydrogen (secondary N) is 2. The van der Waals surface area contributed by atoms with Crippen LogP contribution in [0.15, 0.2) is 51.0 Å². The number of guanidine groups is 1. The minimum absolute atomic E-state index is 0.368. The fourth-order valence-electron chi connectivity index (χ4n) is 3.40. The van der Waals surface area contributed by atoms with Gasteiger partial charge in [-0.1, -0.05) is 25.5 Å². The SMILES string of the molecule is CN=C(NCc1cccc(S(=O)(=O)N2CCCCC2)c1)NCC(C)c1ccsc1. The van der Waals surface area contributed by atoms with Crippen LogP contribution in [0, 0.1) is 0 Å². The Kier molecular flexibility index (Phi) is 7.69. The third-order valence-electron chi connectivity index (χ3n) is 5.22. The Balaban J connectivity index is 1.58. The summed E-state index contributed by atoms with van der Waals surface area (Å²) >= 11 is 1.70. The molecule has 1 aliphatic rings. The van der Waals surface area contributed by atoms with E-state index in [-0.39, 0.29) is 0 Å². The molecule has 1 fully saturated rings. The van der Waals surface area contributed by atoms with Crippen molar-refractivity contribution in [1.29, 1.82) is 0 Å². The van der Waals surface area contributed by atoms with E-state index in [4.69, 9.17) is 0 Å². The summed E-state index contributed by atoms with van der Waals surface area (Å²) in [6, 6.07) is 9.33. The third-order valence-corrected chi connectivity index (χ3v) is 7.82. The molecule has 158 valence electrons. The Morgan fingerprint density at radius 2 is 2.00 bits per heavy atom. The number of benzene rings is 1. The Morgan fingerprint density at radius 3 is 2.69 bits per heavy atom. The number of hydrogen-bond donors (Lipinski definition) is 2. The van der Waals surface area contributed by atoms with Crippen molar-refractivity contribution in [3.63, 3.8) is 0 Å². The first-order valence-corrected chi connectivity index (χ1v) is 12.4. The smallest absolute Gasteiger partial charge is 0.243 e. The maximum Gasteiger partial charge on any atom is 0.243 e. The van der Waals surface area contributed by atoms with Gasteiger partial charge in [0.2, 0.25) is 10.0 Å². The maximum atomic E-state index is 12.9. The van der Waals surface area contributed by atoms with Crippen LogP contribution in [0.1, 0.15) is 43.2 Å². The molecule has 1 aliphatic heterocycles. The number of piperidine rings is 1. The summed E-state index contributed by atoms with van der Waals surface area (Å²) in [5, 5.41) is 10.9. The molecule has 3 rings (SSSR count). The molecule has 0 radical (unpaired) electrons. The zero-order valence-corrected chi connectivity index (χ0v) is 18.7. The molecule has 0 saturated carbocycles. The number of thiophene rings is 1. The van der Waals surface area contributed by atoms with Gasteiger partial charge >= 0.3 is 0 Å². The summed E-state index contributed by atoms with van der Waals surface area (Å²) < 4.78 is 27.4. The number of rotatable bonds is 7. The van der Waals surface area contributed by atoms with Gasteiger partial charge in [0.1, 0.15) is 0 Å². The summed E-state index contributed by atoms with van der Waals surface area (Å²) in [4.78, 5) is 4.64. The van der Waals surface area contributed by atoms with E-state index in [2.05, 4.69) is 39.4 Å². The van der Waals surface area contributed by atoms with E-state index in [1.165, 1.54) is 5.56 Å². The number of aliphatic imine (C=N–C) groups is 1. The van der Waals surface area contributed by atoms with Gasteiger partial charge in [0.15, 0.2) is 5.96 Å². The first-order chi connectivity index (χ1) is 14.0. The molecule has 6 nitrogen and oxygen atoms in total. The van der Waals surface area contributed by atoms with Crippen molar-refractivity contribution >= 4 is 27.3 Å². The molecule has 0 bridgehead atoms. The van der Waals surface area contributed by atoms with Crippen LogP contribution in [0.2, 0.25) is 0 Å². The predicted molar refractivity (Wildman–Crippen MR) is 120 cm³/mol. The lowest BCUT2D eigenvalue weighted by molar-refractivity contribution is 0.346. The van der Waals surface area contributed by atoms with E-state index in [9.17, 15) is 8.42 Å². The van der Waals surface area contributed by atoms with Crippen LogP contribution in [0.4, 0.5) is 0 Å². The van der Waals surface area contributed by atoms with Crippen LogP contribution < -0.4 is 10.6 Å². The lowest BCUT2D eigenvalue weighted by atomic mass is 10.1. The molecule has 2 N–H and O–H groups in total. The molecule has 1 aromatic carbocycles. The lowest BCUT2D eigenvalue weighted by Gasteiger charge is -2.26. The minimum atomic E-state index is -3.41. The van der Waals surface area contributed by atoms with Crippen LogP contribution in [0.5, 0.6) is 0 Å². The monoisotopic (exact) mass is 434 g/mol. The molecule has 1 atom stereocenters. The average Bonchev–Trinajstić information content (AvgIpc) is 3.29. The highest BCUT2D eigenvalue weighted by Gasteiger charge is 2.25. The van der Waals surface area contributed by atoms with Crippen LogP contribution in [-0.2, 0) is 16.6 Å². The lowest BCUT2D eigenvalue weighted by Crippen LogP contribution is -2.38. The van der Waals surface area contributed by atoms with Crippen molar-refractivity contribution in [2.45, 2.75) is 43.5 Å². The molecular formula is C21H30N4O2S2. The van der Waals surface area contributed by atoms with Gasteiger partial charge in [0.05, 0.1) is 4.90 Å². The molecule has 1 aromatic heterocycles. The van der Waals surface area contributed by atoms with Crippen molar-refractivity contribution in [3.05, 3.63) is 52.2 Å². The van der Waals surface area contributed by atoms with E-state index in [0.717, 1.165) is 31.4 Å². The summed E-state index contributed by atoms with van der Waals surface area (Å²) in [5.41, 5.74) is 2.23. The first kappa shape index (κ1) is 21.8. The predicted octanol–water partition coefficient (Wildman–Crippen LogP) is 3.39. The van der Waals surface area contributed by atoms with E-state index >= 15 is 0 Å². The second-order valence-electron chi connectivity index (χ2n) is 7.38. The Bertz CT molecular complexity index is 905. The third kappa shape index (κ3) is 5.81. The fourth-order valence-corrected chi connectivity index (χ4v) is 5.77. The van der Waals surface area contributed by atoms with Gasteiger partial charge in [0, 0.05) is 33.2 Å². The fraction of sp³-hybridized carbons (Fsp3) is 0.476. The van der Waals surface area contributed by atoms with Crippen molar-refractivity contribution in [2.75, 3.05) is 26.7 Å². The van der Waals surface area contributed by atoms with Gasteiger partial charge < -0.3 is 10.6 Å². The maximum absolute atomic E-state index is 12.9. The van der Waals surface area contributed by atoms with E-state index in [1.54, 1.807) is 34.8 Å². The summed E-state index contributed by atoms with van der Waals surface area (Å²) in [5.74, 6) is 1.09. The Labute approximate surface area is 178 Å². The summed E-state index contributed by atoms with van der Waals surface area (Å²) in [6.45, 7) is 4.69. The second kappa shape index (κ2) is 10.2. The van der Waals surface area contributed by atoms with Crippen LogP contribution in [-0.4, -0.2) is 45.4 Å². The second-order valence-corrected chi connectivity index (χ2v) is 10.1. The van der Waals surface area contributed by atoms with Crippen molar-refractivity contribution < 1.29 is 8.42 Å². The van der Waals surface area contributed by atoms with Crippen molar-refractivity contribution in [2.24, 2.45) is 4.99 Å². The molecule has 1 saturated heterocycles. The highest BCUT2D eigenvalue weighted by atomic mass is 32.2. The zero-order chi connectivity index (χ0) is 20.7. The van der Waals surface area contributed by atoms with E-state index in [1.807, 2.05) is 12.1 Å².